The summed E-state index contributed by atoms with van der Waals surface area (Å²) in [7, 11) is 0. The lowest BCUT2D eigenvalue weighted by atomic mass is 9.74. The molecule has 6 heteroatoms. The van der Waals surface area contributed by atoms with Crippen molar-refractivity contribution in [1.29, 1.82) is 0 Å². The molecule has 0 N–H and O–H groups in total. The molecule has 1 aliphatic heterocycles. The van der Waals surface area contributed by atoms with Crippen LogP contribution in [0.4, 0.5) is 4.39 Å². The second-order valence-corrected chi connectivity index (χ2v) is 11.6. The van der Waals surface area contributed by atoms with Crippen molar-refractivity contribution < 1.29 is 18.7 Å². The number of fused-ring (bicyclic) bond motifs is 2. The number of benzene rings is 2. The van der Waals surface area contributed by atoms with Crippen LogP contribution in [0.25, 0.3) is 0 Å². The molecule has 0 unspecified atom stereocenters. The molecule has 5 rings (SSSR count). The van der Waals surface area contributed by atoms with Crippen LogP contribution in [0.5, 0.6) is 5.75 Å². The van der Waals surface area contributed by atoms with E-state index in [4.69, 9.17) is 9.47 Å². The summed E-state index contributed by atoms with van der Waals surface area (Å²) < 4.78 is 25.3. The Hall–Kier alpha value is -2.70. The first kappa shape index (κ1) is 25.9. The molecule has 2 aliphatic rings. The van der Waals surface area contributed by atoms with Crippen LogP contribution in [-0.2, 0) is 40.9 Å². The summed E-state index contributed by atoms with van der Waals surface area (Å²) in [6.07, 6.45) is 5.50. The smallest absolute Gasteiger partial charge is 0.306 e. The summed E-state index contributed by atoms with van der Waals surface area (Å²) in [5, 5.41) is 0. The van der Waals surface area contributed by atoms with Crippen LogP contribution in [0.3, 0.4) is 0 Å². The minimum atomic E-state index is -0.349. The van der Waals surface area contributed by atoms with Crippen LogP contribution in [-0.4, -0.2) is 30.6 Å². The Morgan fingerprint density at radius 1 is 1.11 bits per heavy atom. The zero-order valence-corrected chi connectivity index (χ0v) is 22.7. The van der Waals surface area contributed by atoms with Crippen LogP contribution >= 0.6 is 11.3 Å². The number of carbonyl (C=O) groups is 1. The Morgan fingerprint density at radius 3 is 2.70 bits per heavy atom. The number of piperidine rings is 1. The van der Waals surface area contributed by atoms with Crippen LogP contribution in [0.2, 0.25) is 0 Å². The number of halogens is 1. The number of thiophene rings is 1. The number of aryl methyl sites for hydroxylation is 3. The second-order valence-electron chi connectivity index (χ2n) is 10.4. The van der Waals surface area contributed by atoms with Crippen LogP contribution in [0, 0.1) is 12.7 Å². The Labute approximate surface area is 223 Å². The van der Waals surface area contributed by atoms with Crippen molar-refractivity contribution >= 4 is 17.3 Å². The van der Waals surface area contributed by atoms with E-state index in [2.05, 4.69) is 42.2 Å². The summed E-state index contributed by atoms with van der Waals surface area (Å²) in [5.41, 5.74) is 5.35. The first-order valence-corrected chi connectivity index (χ1v) is 14.2. The van der Waals surface area contributed by atoms with E-state index in [1.54, 1.807) is 41.5 Å². The Balaban J connectivity index is 1.13. The van der Waals surface area contributed by atoms with E-state index in [0.29, 0.717) is 36.4 Å². The first-order chi connectivity index (χ1) is 18.0. The average Bonchev–Trinajstić information content (AvgIpc) is 3.44. The highest BCUT2D eigenvalue weighted by atomic mass is 32.1. The zero-order chi connectivity index (χ0) is 25.8. The third kappa shape index (κ3) is 5.91. The molecule has 1 aliphatic carbocycles. The molecule has 1 spiro atoms. The number of ether oxygens (including phenoxy) is 2. The second kappa shape index (κ2) is 11.4. The van der Waals surface area contributed by atoms with Crippen LogP contribution < -0.4 is 4.74 Å². The van der Waals surface area contributed by atoms with Crippen molar-refractivity contribution in [3.63, 3.8) is 0 Å². The van der Waals surface area contributed by atoms with Gasteiger partial charge in [0.1, 0.15) is 18.2 Å². The maximum absolute atomic E-state index is 14.5. The van der Waals surface area contributed by atoms with Crippen molar-refractivity contribution in [3.05, 3.63) is 86.4 Å². The van der Waals surface area contributed by atoms with Gasteiger partial charge in [0.2, 0.25) is 0 Å². The van der Waals surface area contributed by atoms with Gasteiger partial charge in [-0.05, 0) is 98.8 Å². The number of carbonyl (C=O) groups excluding carboxylic acids is 1. The first-order valence-electron chi connectivity index (χ1n) is 13.4. The molecule has 37 heavy (non-hydrogen) atoms. The van der Waals surface area contributed by atoms with Gasteiger partial charge in [-0.1, -0.05) is 30.3 Å². The van der Waals surface area contributed by atoms with E-state index in [9.17, 15) is 9.18 Å². The number of hydrogen-bond acceptors (Lipinski definition) is 5. The van der Waals surface area contributed by atoms with Gasteiger partial charge in [0.15, 0.2) is 0 Å². The molecule has 0 atom stereocenters. The van der Waals surface area contributed by atoms with Gasteiger partial charge in [0, 0.05) is 28.8 Å². The van der Waals surface area contributed by atoms with E-state index >= 15 is 0 Å². The van der Waals surface area contributed by atoms with Crippen molar-refractivity contribution in [2.75, 3.05) is 19.7 Å². The molecule has 2 aromatic carbocycles. The summed E-state index contributed by atoms with van der Waals surface area (Å²) in [6.45, 7) is 7.96. The Morgan fingerprint density at radius 2 is 1.92 bits per heavy atom. The Kier molecular flexibility index (Phi) is 7.96. The third-order valence-electron chi connectivity index (χ3n) is 8.02. The highest BCUT2D eigenvalue weighted by Gasteiger charge is 2.40. The quantitative estimate of drug-likeness (QED) is 0.292. The number of likely N-dealkylation sites (tertiary alicyclic amines) is 1. The fourth-order valence-electron chi connectivity index (χ4n) is 5.89. The summed E-state index contributed by atoms with van der Waals surface area (Å²) in [5.74, 6) is -0.153. The maximum Gasteiger partial charge on any atom is 0.306 e. The molecule has 1 fully saturated rings. The van der Waals surface area contributed by atoms with Crippen LogP contribution in [0.15, 0.2) is 48.5 Å². The predicted molar refractivity (Wildman–Crippen MR) is 146 cm³/mol. The lowest BCUT2D eigenvalue weighted by Crippen LogP contribution is -2.41. The van der Waals surface area contributed by atoms with Crippen LogP contribution in [0.1, 0.15) is 64.6 Å². The number of nitrogens with zero attached hydrogens (tertiary/aromatic N) is 1. The maximum atomic E-state index is 14.5. The molecule has 0 bridgehead atoms. The summed E-state index contributed by atoms with van der Waals surface area (Å²) >= 11 is 1.80. The average molecular weight is 522 g/mol. The normalized spacial score (nSPS) is 16.6. The minimum absolute atomic E-state index is 0.174. The van der Waals surface area contributed by atoms with E-state index in [1.165, 1.54) is 42.2 Å². The van der Waals surface area contributed by atoms with Crippen molar-refractivity contribution in [3.8, 4) is 5.75 Å². The monoisotopic (exact) mass is 521 g/mol. The van der Waals surface area contributed by atoms with E-state index in [-0.39, 0.29) is 18.2 Å². The molecule has 3 aromatic rings. The molecular formula is C31H36FNO3S. The number of hydrogen-bond donors (Lipinski definition) is 0. The SMILES string of the molecule is CCOC(=O)CCc1ccc(OCc2cc(C)c(CN3CCC4(CCc5ccccc54)CC3)s2)cc1F. The van der Waals surface area contributed by atoms with Gasteiger partial charge in [-0.15, -0.1) is 11.3 Å². The van der Waals surface area contributed by atoms with E-state index in [0.717, 1.165) is 24.5 Å². The molecule has 1 saturated heterocycles. The lowest BCUT2D eigenvalue weighted by Gasteiger charge is -2.40. The lowest BCUT2D eigenvalue weighted by molar-refractivity contribution is -0.143. The van der Waals surface area contributed by atoms with Crippen molar-refractivity contribution in [2.24, 2.45) is 0 Å². The summed E-state index contributed by atoms with van der Waals surface area (Å²) in [4.78, 5) is 16.7. The summed E-state index contributed by atoms with van der Waals surface area (Å²) in [6, 6.07) is 16.1. The molecule has 196 valence electrons. The minimum Gasteiger partial charge on any atom is -0.488 e. The van der Waals surface area contributed by atoms with Gasteiger partial charge in [-0.3, -0.25) is 9.69 Å². The highest BCUT2D eigenvalue weighted by Crippen LogP contribution is 2.46. The van der Waals surface area contributed by atoms with Gasteiger partial charge in [-0.25, -0.2) is 4.39 Å². The molecule has 2 heterocycles. The standard InChI is InChI=1S/C31H36FNO3S/c1-3-35-30(34)11-9-24-8-10-25(19-28(24)32)36-21-26-18-22(2)29(37-26)20-33-16-14-31(15-17-33)13-12-23-6-4-5-7-27(23)31/h4-8,10,18-19H,3,9,11-17,20-21H2,1-2H3. The molecule has 4 nitrogen and oxygen atoms in total. The van der Waals surface area contributed by atoms with Gasteiger partial charge in [0.25, 0.3) is 0 Å². The topological polar surface area (TPSA) is 38.8 Å². The van der Waals surface area contributed by atoms with Gasteiger partial charge in [0.05, 0.1) is 6.61 Å². The highest BCUT2D eigenvalue weighted by molar-refractivity contribution is 7.12. The Bertz CT molecular complexity index is 1250. The van der Waals surface area contributed by atoms with Gasteiger partial charge >= 0.3 is 5.97 Å². The molecule has 0 radical (unpaired) electrons. The van der Waals surface area contributed by atoms with E-state index in [1.807, 2.05) is 0 Å². The molecule has 0 amide bonds. The fourth-order valence-corrected chi connectivity index (χ4v) is 7.03. The van der Waals surface area contributed by atoms with Crippen molar-refractivity contribution in [1.82, 2.24) is 4.90 Å². The zero-order valence-electron chi connectivity index (χ0n) is 21.9. The largest absolute Gasteiger partial charge is 0.488 e. The van der Waals surface area contributed by atoms with E-state index < -0.39 is 0 Å². The molecular weight excluding hydrogens is 485 g/mol. The fraction of sp³-hybridized carbons (Fsp3) is 0.452. The van der Waals surface area contributed by atoms with Crippen molar-refractivity contribution in [2.45, 2.75) is 70.9 Å². The third-order valence-corrected chi connectivity index (χ3v) is 9.22. The molecule has 0 saturated carbocycles. The molecule has 1 aromatic heterocycles. The number of esters is 1. The number of rotatable bonds is 9. The van der Waals surface area contributed by atoms with Gasteiger partial charge in [-0.2, -0.15) is 0 Å². The predicted octanol–water partition coefficient (Wildman–Crippen LogP) is 6.75. The van der Waals surface area contributed by atoms with Gasteiger partial charge < -0.3 is 9.47 Å².